The SMILES string of the molecule is CC1=NC(C2CCCC2)=NC2=NC(n3cnc4cc(-n5cccc5)cc(NC(C)C)c43)=C3C=CC(=C3C2)C(n2cnc3cc(-n4cccc4)cc(NC(C)C)c32)=N1. The van der Waals surface area contributed by atoms with Gasteiger partial charge in [0.15, 0.2) is 0 Å². The van der Waals surface area contributed by atoms with Gasteiger partial charge >= 0.3 is 0 Å². The first-order valence-electron chi connectivity index (χ1n) is 20.1. The number of hydrogen-bond donors (Lipinski definition) is 2. The minimum atomic E-state index is 0.193. The summed E-state index contributed by atoms with van der Waals surface area (Å²) in [5, 5.41) is 7.44. The van der Waals surface area contributed by atoms with E-state index in [0.717, 1.165) is 97.7 Å². The molecule has 2 aromatic carbocycles. The van der Waals surface area contributed by atoms with Gasteiger partial charge in [-0.15, -0.1) is 0 Å². The van der Waals surface area contributed by atoms with Crippen LogP contribution in [-0.2, 0) is 0 Å². The van der Waals surface area contributed by atoms with Crippen LogP contribution in [0.1, 0.15) is 66.7 Å². The number of fused-ring (bicyclic) bond motifs is 3. The van der Waals surface area contributed by atoms with Crippen LogP contribution in [0.3, 0.4) is 0 Å². The molecule has 4 aliphatic rings. The number of nitrogens with zero attached hydrogens (tertiary/aromatic N) is 10. The van der Waals surface area contributed by atoms with Crippen LogP contribution >= 0.6 is 0 Å². The van der Waals surface area contributed by atoms with E-state index in [9.17, 15) is 0 Å². The van der Waals surface area contributed by atoms with Crippen molar-refractivity contribution < 1.29 is 0 Å². The van der Waals surface area contributed by atoms with Crippen molar-refractivity contribution in [2.75, 3.05) is 10.6 Å². The Hall–Kier alpha value is -6.56. The number of hydrogen-bond acceptors (Lipinski definition) is 8. The maximum Gasteiger partial charge on any atom is 0.148 e. The van der Waals surface area contributed by atoms with E-state index in [-0.39, 0.29) is 18.0 Å². The lowest BCUT2D eigenvalue weighted by atomic mass is 9.98. The van der Waals surface area contributed by atoms with Crippen LogP contribution in [0.5, 0.6) is 0 Å². The largest absolute Gasteiger partial charge is 0.381 e. The summed E-state index contributed by atoms with van der Waals surface area (Å²) in [6, 6.07) is 17.2. The van der Waals surface area contributed by atoms with Gasteiger partial charge in [-0.25, -0.2) is 29.9 Å². The Morgan fingerprint density at radius 2 is 1.21 bits per heavy atom. The third-order valence-corrected chi connectivity index (χ3v) is 11.0. The van der Waals surface area contributed by atoms with Crippen molar-refractivity contribution in [3.8, 4) is 11.4 Å². The van der Waals surface area contributed by atoms with Crippen molar-refractivity contribution >= 4 is 62.6 Å². The molecule has 57 heavy (non-hydrogen) atoms. The third kappa shape index (κ3) is 6.25. The average Bonchev–Trinajstić information content (AvgIpc) is 4.04. The summed E-state index contributed by atoms with van der Waals surface area (Å²) in [4.78, 5) is 31.2. The second-order valence-electron chi connectivity index (χ2n) is 15.9. The molecule has 2 N–H and O–H groups in total. The fourth-order valence-electron chi connectivity index (χ4n) is 8.60. The van der Waals surface area contributed by atoms with Crippen LogP contribution in [-0.4, -0.2) is 63.7 Å². The van der Waals surface area contributed by atoms with Gasteiger partial charge in [-0.1, -0.05) is 25.0 Å². The molecule has 2 aliphatic carbocycles. The van der Waals surface area contributed by atoms with Crippen LogP contribution < -0.4 is 10.6 Å². The lowest BCUT2D eigenvalue weighted by Gasteiger charge is -2.23. The Morgan fingerprint density at radius 3 is 1.81 bits per heavy atom. The Labute approximate surface area is 331 Å². The Balaban J connectivity index is 1.20. The van der Waals surface area contributed by atoms with E-state index >= 15 is 0 Å². The van der Waals surface area contributed by atoms with Gasteiger partial charge in [0, 0.05) is 71.7 Å². The Kier molecular flexibility index (Phi) is 8.49. The van der Waals surface area contributed by atoms with Gasteiger partial charge in [0.25, 0.3) is 0 Å². The number of imidazole rings is 2. The molecule has 4 aromatic heterocycles. The summed E-state index contributed by atoms with van der Waals surface area (Å²) in [6.45, 7) is 10.6. The number of nitrogens with one attached hydrogen (secondary N) is 2. The topological polar surface area (TPSA) is 119 Å². The fourth-order valence-corrected chi connectivity index (χ4v) is 8.60. The second-order valence-corrected chi connectivity index (χ2v) is 15.9. The van der Waals surface area contributed by atoms with Crippen LogP contribution in [0.2, 0.25) is 0 Å². The van der Waals surface area contributed by atoms with Crippen molar-refractivity contribution in [3.63, 3.8) is 0 Å². The maximum absolute atomic E-state index is 5.38. The third-order valence-electron chi connectivity index (χ3n) is 11.0. The predicted molar refractivity (Wildman–Crippen MR) is 232 cm³/mol. The molecule has 1 fully saturated rings. The zero-order chi connectivity index (χ0) is 38.8. The van der Waals surface area contributed by atoms with Crippen LogP contribution in [0.25, 0.3) is 39.3 Å². The molecular weight excluding hydrogens is 709 g/mol. The molecule has 2 aliphatic heterocycles. The molecule has 0 saturated heterocycles. The normalized spacial score (nSPS) is 17.3. The van der Waals surface area contributed by atoms with Gasteiger partial charge < -0.3 is 19.8 Å². The molecule has 286 valence electrons. The van der Waals surface area contributed by atoms with Crippen molar-refractivity contribution in [2.24, 2.45) is 25.9 Å². The standard InChI is InChI=1S/C45H46N12/c1-27(2)48-38-22-31(54-16-8-9-17-54)20-36-41(38)56(25-46-36)44-33-14-15-34-35(33)24-40(52-43(50-29(5)51-44)30-12-6-7-13-30)53-45(34)57-26-47-37-21-32(55-18-10-11-19-55)23-39(42(37)57)49-28(3)4/h8-11,14-23,25-28,30,48-49H,6-7,12-13,24H2,1-5H3. The minimum absolute atomic E-state index is 0.193. The number of anilines is 2. The Bertz CT molecular complexity index is 2770. The van der Waals surface area contributed by atoms with Crippen molar-refractivity contribution in [1.29, 1.82) is 0 Å². The van der Waals surface area contributed by atoms with E-state index in [1.807, 2.05) is 43.8 Å². The molecule has 12 nitrogen and oxygen atoms in total. The molecule has 2 bridgehead atoms. The van der Waals surface area contributed by atoms with Gasteiger partial charge in [-0.2, -0.15) is 0 Å². The lowest BCUT2D eigenvalue weighted by Crippen LogP contribution is -2.22. The average molecular weight is 755 g/mol. The highest BCUT2D eigenvalue weighted by Gasteiger charge is 2.32. The van der Waals surface area contributed by atoms with Crippen LogP contribution in [0, 0.1) is 5.92 Å². The van der Waals surface area contributed by atoms with E-state index < -0.39 is 0 Å². The number of aromatic nitrogens is 6. The van der Waals surface area contributed by atoms with E-state index in [0.29, 0.717) is 12.3 Å². The molecule has 0 radical (unpaired) electrons. The molecule has 6 heterocycles. The summed E-state index contributed by atoms with van der Waals surface area (Å²) >= 11 is 0. The molecule has 0 amide bonds. The van der Waals surface area contributed by atoms with Gasteiger partial charge in [0.2, 0.25) is 0 Å². The lowest BCUT2D eigenvalue weighted by molar-refractivity contribution is 0.722. The molecule has 0 spiro atoms. The summed E-state index contributed by atoms with van der Waals surface area (Å²) in [5.74, 6) is 4.02. The summed E-state index contributed by atoms with van der Waals surface area (Å²) in [7, 11) is 0. The molecule has 10 rings (SSSR count). The zero-order valence-electron chi connectivity index (χ0n) is 33.0. The highest BCUT2D eigenvalue weighted by Crippen LogP contribution is 2.41. The van der Waals surface area contributed by atoms with E-state index in [4.69, 9.17) is 29.9 Å². The van der Waals surface area contributed by atoms with E-state index in [1.54, 1.807) is 0 Å². The van der Waals surface area contributed by atoms with Crippen molar-refractivity contribution in [3.05, 3.63) is 115 Å². The van der Waals surface area contributed by atoms with Gasteiger partial charge in [-0.05, 0) is 102 Å². The summed E-state index contributed by atoms with van der Waals surface area (Å²) in [5.41, 5.74) is 10.8. The summed E-state index contributed by atoms with van der Waals surface area (Å²) < 4.78 is 8.48. The molecule has 1 saturated carbocycles. The molecule has 12 heteroatoms. The molecular formula is C45H46N12. The quantitative estimate of drug-likeness (QED) is 0.161. The highest BCUT2D eigenvalue weighted by molar-refractivity contribution is 6.18. The smallest absolute Gasteiger partial charge is 0.148 e. The Morgan fingerprint density at radius 1 is 0.649 bits per heavy atom. The monoisotopic (exact) mass is 754 g/mol. The van der Waals surface area contributed by atoms with Gasteiger partial charge in [0.1, 0.15) is 41.8 Å². The fraction of sp³-hybridized carbons (Fsp3) is 0.289. The first-order chi connectivity index (χ1) is 27.8. The zero-order valence-corrected chi connectivity index (χ0v) is 33.0. The predicted octanol–water partition coefficient (Wildman–Crippen LogP) is 9.41. The number of rotatable bonds is 8. The highest BCUT2D eigenvalue weighted by atomic mass is 15.2. The first-order valence-corrected chi connectivity index (χ1v) is 20.1. The molecule has 6 aromatic rings. The maximum atomic E-state index is 5.38. The molecule has 0 unspecified atom stereocenters. The van der Waals surface area contributed by atoms with E-state index in [1.165, 1.54) is 12.8 Å². The van der Waals surface area contributed by atoms with Gasteiger partial charge in [0.05, 0.1) is 33.4 Å². The first kappa shape index (κ1) is 34.9. The molecule has 0 atom stereocenters. The summed E-state index contributed by atoms with van der Waals surface area (Å²) in [6.07, 6.45) is 21.4. The van der Waals surface area contributed by atoms with Gasteiger partial charge in [-0.3, -0.25) is 9.13 Å². The number of benzene rings is 2. The van der Waals surface area contributed by atoms with Crippen molar-refractivity contribution in [2.45, 2.75) is 78.8 Å². The van der Waals surface area contributed by atoms with Crippen LogP contribution in [0.4, 0.5) is 11.4 Å². The number of allylic oxidation sites excluding steroid dienone is 4. The number of amidine groups is 3. The van der Waals surface area contributed by atoms with Crippen molar-refractivity contribution in [1.82, 2.24) is 28.2 Å². The second kappa shape index (κ2) is 13.9. The number of aliphatic imine (C=N–C) groups is 4. The van der Waals surface area contributed by atoms with Crippen LogP contribution in [0.15, 0.2) is 135 Å². The van der Waals surface area contributed by atoms with E-state index in [2.05, 4.69) is 118 Å². The minimum Gasteiger partial charge on any atom is -0.381 e.